The van der Waals surface area contributed by atoms with Crippen molar-refractivity contribution in [3.63, 3.8) is 0 Å². The van der Waals surface area contributed by atoms with Crippen molar-refractivity contribution in [3.8, 4) is 0 Å². The maximum Gasteiger partial charge on any atom is 0.199 e. The van der Waals surface area contributed by atoms with E-state index in [0.29, 0.717) is 0 Å². The van der Waals surface area contributed by atoms with E-state index in [0.717, 1.165) is 20.4 Å². The first kappa shape index (κ1) is 8.01. The van der Waals surface area contributed by atoms with Crippen molar-refractivity contribution in [2.24, 2.45) is 0 Å². The summed E-state index contributed by atoms with van der Waals surface area (Å²) < 4.78 is 1.75. The van der Waals surface area contributed by atoms with Crippen LogP contribution in [-0.4, -0.2) is 4.98 Å². The number of aromatic amines is 1. The molecule has 0 aliphatic heterocycles. The van der Waals surface area contributed by atoms with Crippen molar-refractivity contribution in [1.29, 1.82) is 0 Å². The Hall–Kier alpha value is -0.610. The highest BCUT2D eigenvalue weighted by molar-refractivity contribution is 9.10. The van der Waals surface area contributed by atoms with Crippen LogP contribution in [0.4, 0.5) is 0 Å². The molecule has 0 fully saturated rings. The summed E-state index contributed by atoms with van der Waals surface area (Å²) in [7, 11) is 0. The van der Waals surface area contributed by atoms with E-state index in [1.54, 1.807) is 6.07 Å². The molecule has 0 saturated carbocycles. The molecular weight excluding hydrogens is 238 g/mol. The average molecular weight is 244 g/mol. The standard InChI is InChI=1S/C8H6BrNOS/c1-4-2-6(11)8-7(10-4)5(9)3-12-8/h2-3H,1H3,(H,10,11). The third-order valence-electron chi connectivity index (χ3n) is 1.64. The second kappa shape index (κ2) is 2.71. The quantitative estimate of drug-likeness (QED) is 0.759. The molecule has 0 spiro atoms. The van der Waals surface area contributed by atoms with Crippen molar-refractivity contribution < 1.29 is 0 Å². The van der Waals surface area contributed by atoms with E-state index in [-0.39, 0.29) is 5.43 Å². The third kappa shape index (κ3) is 1.11. The second-order valence-corrected chi connectivity index (χ2v) is 4.34. The Kier molecular flexibility index (Phi) is 1.81. The monoisotopic (exact) mass is 243 g/mol. The third-order valence-corrected chi connectivity index (χ3v) is 3.56. The van der Waals surface area contributed by atoms with Crippen LogP contribution in [0.1, 0.15) is 5.69 Å². The summed E-state index contributed by atoms with van der Waals surface area (Å²) in [6.45, 7) is 1.88. The van der Waals surface area contributed by atoms with Gasteiger partial charge in [0.05, 0.1) is 14.7 Å². The van der Waals surface area contributed by atoms with Crippen LogP contribution < -0.4 is 5.43 Å². The molecule has 0 aliphatic carbocycles. The van der Waals surface area contributed by atoms with Crippen LogP contribution in [0, 0.1) is 6.92 Å². The first-order valence-corrected chi connectivity index (χ1v) is 5.12. The topological polar surface area (TPSA) is 32.9 Å². The minimum Gasteiger partial charge on any atom is -0.357 e. The number of aromatic nitrogens is 1. The van der Waals surface area contributed by atoms with Crippen LogP contribution in [-0.2, 0) is 0 Å². The number of hydrogen-bond donors (Lipinski definition) is 1. The van der Waals surface area contributed by atoms with E-state index in [2.05, 4.69) is 20.9 Å². The van der Waals surface area contributed by atoms with Gasteiger partial charge in [0.15, 0.2) is 5.43 Å². The van der Waals surface area contributed by atoms with Gasteiger partial charge >= 0.3 is 0 Å². The number of fused-ring (bicyclic) bond motifs is 1. The highest BCUT2D eigenvalue weighted by Gasteiger charge is 2.04. The van der Waals surface area contributed by atoms with Crippen LogP contribution in [0.25, 0.3) is 10.2 Å². The number of pyridine rings is 1. The zero-order chi connectivity index (χ0) is 8.72. The molecule has 62 valence electrons. The zero-order valence-electron chi connectivity index (χ0n) is 6.35. The molecule has 0 saturated heterocycles. The summed E-state index contributed by atoms with van der Waals surface area (Å²) in [5, 5.41) is 1.92. The molecule has 2 aromatic rings. The lowest BCUT2D eigenvalue weighted by Crippen LogP contribution is -1.99. The Balaban J connectivity index is 3.03. The summed E-state index contributed by atoms with van der Waals surface area (Å²) in [6.07, 6.45) is 0. The number of H-pyrrole nitrogens is 1. The molecule has 4 heteroatoms. The summed E-state index contributed by atoms with van der Waals surface area (Å²) in [4.78, 5) is 14.5. The molecule has 2 nitrogen and oxygen atoms in total. The van der Waals surface area contributed by atoms with Gasteiger partial charge in [-0.15, -0.1) is 11.3 Å². The number of thiophene rings is 1. The summed E-state index contributed by atoms with van der Waals surface area (Å²) in [5.41, 5.74) is 1.90. The Labute approximate surface area is 81.4 Å². The second-order valence-electron chi connectivity index (χ2n) is 2.60. The van der Waals surface area contributed by atoms with Crippen LogP contribution in [0.2, 0.25) is 0 Å². The van der Waals surface area contributed by atoms with Crippen LogP contribution in [0.3, 0.4) is 0 Å². The van der Waals surface area contributed by atoms with Gasteiger partial charge in [-0.2, -0.15) is 0 Å². The summed E-state index contributed by atoms with van der Waals surface area (Å²) >= 11 is 4.83. The molecule has 0 atom stereocenters. The molecule has 0 amide bonds. The van der Waals surface area contributed by atoms with Crippen LogP contribution in [0.5, 0.6) is 0 Å². The normalized spacial score (nSPS) is 10.8. The largest absolute Gasteiger partial charge is 0.357 e. The molecule has 2 aromatic heterocycles. The highest BCUT2D eigenvalue weighted by Crippen LogP contribution is 2.25. The molecule has 0 aliphatic rings. The van der Waals surface area contributed by atoms with Gasteiger partial charge in [0.25, 0.3) is 0 Å². The van der Waals surface area contributed by atoms with Gasteiger partial charge in [0.1, 0.15) is 0 Å². The Morgan fingerprint density at radius 1 is 1.58 bits per heavy atom. The molecule has 12 heavy (non-hydrogen) atoms. The number of halogens is 1. The van der Waals surface area contributed by atoms with Gasteiger partial charge in [-0.1, -0.05) is 0 Å². The van der Waals surface area contributed by atoms with Crippen molar-refractivity contribution >= 4 is 37.5 Å². The summed E-state index contributed by atoms with van der Waals surface area (Å²) in [5.74, 6) is 0. The molecule has 0 aromatic carbocycles. The van der Waals surface area contributed by atoms with E-state index in [1.165, 1.54) is 11.3 Å². The lowest BCUT2D eigenvalue weighted by Gasteiger charge is -1.93. The van der Waals surface area contributed by atoms with Crippen molar-refractivity contribution in [3.05, 3.63) is 31.8 Å². The van der Waals surface area contributed by atoms with Crippen molar-refractivity contribution in [2.75, 3.05) is 0 Å². The predicted octanol–water partition coefficient (Wildman–Crippen LogP) is 2.66. The molecular formula is C8H6BrNOS. The molecule has 0 bridgehead atoms. The SMILES string of the molecule is Cc1cc(=O)c2scc(Br)c2[nH]1. The number of aryl methyl sites for hydroxylation is 1. The molecule has 2 heterocycles. The lowest BCUT2D eigenvalue weighted by molar-refractivity contribution is 1.25. The zero-order valence-corrected chi connectivity index (χ0v) is 8.75. The van der Waals surface area contributed by atoms with E-state index >= 15 is 0 Å². The van der Waals surface area contributed by atoms with Crippen molar-refractivity contribution in [2.45, 2.75) is 6.92 Å². The van der Waals surface area contributed by atoms with Gasteiger partial charge < -0.3 is 4.98 Å². The minimum atomic E-state index is 0.0944. The van der Waals surface area contributed by atoms with E-state index < -0.39 is 0 Å². The van der Waals surface area contributed by atoms with E-state index in [9.17, 15) is 4.79 Å². The Morgan fingerprint density at radius 3 is 3.08 bits per heavy atom. The molecule has 0 unspecified atom stereocenters. The Morgan fingerprint density at radius 2 is 2.33 bits per heavy atom. The minimum absolute atomic E-state index is 0.0944. The number of rotatable bonds is 0. The fourth-order valence-corrected chi connectivity index (χ4v) is 2.63. The fourth-order valence-electron chi connectivity index (χ4n) is 1.13. The Bertz CT molecular complexity index is 485. The predicted molar refractivity (Wildman–Crippen MR) is 54.9 cm³/mol. The van der Waals surface area contributed by atoms with E-state index in [1.807, 2.05) is 12.3 Å². The number of hydrogen-bond acceptors (Lipinski definition) is 2. The maximum atomic E-state index is 11.4. The van der Waals surface area contributed by atoms with Gasteiger partial charge in [0, 0.05) is 17.1 Å². The van der Waals surface area contributed by atoms with Crippen LogP contribution in [0.15, 0.2) is 20.7 Å². The first-order chi connectivity index (χ1) is 5.68. The first-order valence-electron chi connectivity index (χ1n) is 3.45. The molecule has 1 N–H and O–H groups in total. The van der Waals surface area contributed by atoms with E-state index in [4.69, 9.17) is 0 Å². The molecule has 2 rings (SSSR count). The van der Waals surface area contributed by atoms with Gasteiger partial charge in [0.2, 0.25) is 0 Å². The van der Waals surface area contributed by atoms with Crippen molar-refractivity contribution in [1.82, 2.24) is 4.98 Å². The van der Waals surface area contributed by atoms with Crippen LogP contribution >= 0.6 is 27.3 Å². The highest BCUT2D eigenvalue weighted by atomic mass is 79.9. The smallest absolute Gasteiger partial charge is 0.199 e. The fraction of sp³-hybridized carbons (Fsp3) is 0.125. The lowest BCUT2D eigenvalue weighted by atomic mass is 10.3. The average Bonchev–Trinajstić information content (AvgIpc) is 2.33. The maximum absolute atomic E-state index is 11.4. The molecule has 0 radical (unpaired) electrons. The summed E-state index contributed by atoms with van der Waals surface area (Å²) in [6, 6.07) is 1.62. The van der Waals surface area contributed by atoms with Gasteiger partial charge in [-0.3, -0.25) is 4.79 Å². The van der Waals surface area contributed by atoms with Gasteiger partial charge in [-0.05, 0) is 22.9 Å². The number of nitrogens with one attached hydrogen (secondary N) is 1. The van der Waals surface area contributed by atoms with Gasteiger partial charge in [-0.25, -0.2) is 0 Å².